The second-order valence-electron chi connectivity index (χ2n) is 5.10. The van der Waals surface area contributed by atoms with E-state index in [0.29, 0.717) is 5.75 Å². The van der Waals surface area contributed by atoms with Crippen LogP contribution in [0, 0.1) is 0 Å². The van der Waals surface area contributed by atoms with Crippen molar-refractivity contribution >= 4 is 38.8 Å². The molecule has 0 unspecified atom stereocenters. The van der Waals surface area contributed by atoms with Gasteiger partial charge in [-0.15, -0.1) is 0 Å². The van der Waals surface area contributed by atoms with Crippen LogP contribution in [-0.2, 0) is 4.79 Å². The van der Waals surface area contributed by atoms with Crippen LogP contribution in [-0.4, -0.2) is 18.7 Å². The molecule has 3 aromatic carbocycles. The molecule has 0 saturated heterocycles. The Morgan fingerprint density at radius 2 is 1.79 bits per heavy atom. The van der Waals surface area contributed by atoms with Crippen LogP contribution in [0.3, 0.4) is 0 Å². The van der Waals surface area contributed by atoms with Crippen molar-refractivity contribution in [3.8, 4) is 5.75 Å². The number of hydrogen-bond donors (Lipinski definition) is 1. The van der Waals surface area contributed by atoms with Gasteiger partial charge in [-0.05, 0) is 35.0 Å². The molecule has 0 aromatic heterocycles. The summed E-state index contributed by atoms with van der Waals surface area (Å²) in [6.45, 7) is -0.0888. The highest BCUT2D eigenvalue weighted by molar-refractivity contribution is 9.10. The van der Waals surface area contributed by atoms with Crippen LogP contribution >= 0.6 is 15.9 Å². The number of carbonyl (C=O) groups excluding carboxylic acids is 1. The molecular formula is C19H15BrN2O2. The zero-order valence-electron chi connectivity index (χ0n) is 12.8. The minimum Gasteiger partial charge on any atom is -0.484 e. The SMILES string of the molecule is O=C(COc1ccc(Br)cc1)N/N=C/c1cccc2ccccc12. The van der Waals surface area contributed by atoms with Crippen molar-refractivity contribution in [3.63, 3.8) is 0 Å². The monoisotopic (exact) mass is 382 g/mol. The van der Waals surface area contributed by atoms with Crippen LogP contribution in [0.5, 0.6) is 5.75 Å². The predicted molar refractivity (Wildman–Crippen MR) is 99.3 cm³/mol. The second-order valence-corrected chi connectivity index (χ2v) is 6.02. The van der Waals surface area contributed by atoms with Crippen molar-refractivity contribution in [1.82, 2.24) is 5.43 Å². The average Bonchev–Trinajstić information content (AvgIpc) is 2.61. The van der Waals surface area contributed by atoms with Crippen LogP contribution in [0.15, 0.2) is 76.3 Å². The molecule has 0 aliphatic carbocycles. The first kappa shape index (κ1) is 16.2. The molecule has 1 amide bonds. The summed E-state index contributed by atoms with van der Waals surface area (Å²) in [7, 11) is 0. The maximum Gasteiger partial charge on any atom is 0.277 e. The number of rotatable bonds is 5. The zero-order valence-corrected chi connectivity index (χ0v) is 14.4. The van der Waals surface area contributed by atoms with Crippen LogP contribution in [0.4, 0.5) is 0 Å². The largest absolute Gasteiger partial charge is 0.484 e. The van der Waals surface area contributed by atoms with Crippen molar-refractivity contribution in [2.45, 2.75) is 0 Å². The number of carbonyl (C=O) groups is 1. The summed E-state index contributed by atoms with van der Waals surface area (Å²) in [6.07, 6.45) is 1.64. The third-order valence-electron chi connectivity index (χ3n) is 3.40. The Hall–Kier alpha value is -2.66. The minimum atomic E-state index is -0.311. The van der Waals surface area contributed by atoms with Gasteiger partial charge in [0.1, 0.15) is 5.75 Å². The molecule has 3 rings (SSSR count). The molecule has 1 N–H and O–H groups in total. The number of nitrogens with zero attached hydrogens (tertiary/aromatic N) is 1. The van der Waals surface area contributed by atoms with Gasteiger partial charge in [0.15, 0.2) is 6.61 Å². The Balaban J connectivity index is 1.57. The first-order chi connectivity index (χ1) is 11.7. The van der Waals surface area contributed by atoms with Gasteiger partial charge in [0.05, 0.1) is 6.21 Å². The Kier molecular flexibility index (Phi) is 5.23. The highest BCUT2D eigenvalue weighted by atomic mass is 79.9. The van der Waals surface area contributed by atoms with Gasteiger partial charge < -0.3 is 4.74 Å². The molecule has 3 aromatic rings. The molecule has 0 saturated carbocycles. The Bertz CT molecular complexity index is 871. The van der Waals surface area contributed by atoms with E-state index in [9.17, 15) is 4.79 Å². The first-order valence-corrected chi connectivity index (χ1v) is 8.20. The molecule has 0 heterocycles. The summed E-state index contributed by atoms with van der Waals surface area (Å²) in [5.41, 5.74) is 3.42. The first-order valence-electron chi connectivity index (χ1n) is 7.40. The van der Waals surface area contributed by atoms with Gasteiger partial charge in [-0.2, -0.15) is 5.10 Å². The fourth-order valence-electron chi connectivity index (χ4n) is 2.25. The van der Waals surface area contributed by atoms with Crippen molar-refractivity contribution < 1.29 is 9.53 Å². The van der Waals surface area contributed by atoms with E-state index >= 15 is 0 Å². The van der Waals surface area contributed by atoms with Gasteiger partial charge in [0.25, 0.3) is 5.91 Å². The molecule has 120 valence electrons. The lowest BCUT2D eigenvalue weighted by Crippen LogP contribution is -2.24. The van der Waals surface area contributed by atoms with E-state index in [-0.39, 0.29) is 12.5 Å². The van der Waals surface area contributed by atoms with E-state index in [2.05, 4.69) is 26.5 Å². The fourth-order valence-corrected chi connectivity index (χ4v) is 2.51. The van der Waals surface area contributed by atoms with E-state index in [1.54, 1.807) is 18.3 Å². The molecular weight excluding hydrogens is 368 g/mol. The lowest BCUT2D eigenvalue weighted by atomic mass is 10.1. The molecule has 0 bridgehead atoms. The molecule has 0 spiro atoms. The highest BCUT2D eigenvalue weighted by Gasteiger charge is 2.02. The topological polar surface area (TPSA) is 50.7 Å². The number of amides is 1. The third-order valence-corrected chi connectivity index (χ3v) is 3.93. The number of ether oxygens (including phenoxy) is 1. The quantitative estimate of drug-likeness (QED) is 0.532. The lowest BCUT2D eigenvalue weighted by molar-refractivity contribution is -0.123. The summed E-state index contributed by atoms with van der Waals surface area (Å²) in [4.78, 5) is 11.8. The molecule has 24 heavy (non-hydrogen) atoms. The Labute approximate surface area is 148 Å². The van der Waals surface area contributed by atoms with E-state index in [4.69, 9.17) is 4.74 Å². The van der Waals surface area contributed by atoms with Gasteiger partial charge >= 0.3 is 0 Å². The summed E-state index contributed by atoms with van der Waals surface area (Å²) >= 11 is 3.34. The molecule has 0 fully saturated rings. The smallest absolute Gasteiger partial charge is 0.277 e. The summed E-state index contributed by atoms with van der Waals surface area (Å²) in [5.74, 6) is 0.320. The van der Waals surface area contributed by atoms with Crippen LogP contribution in [0.1, 0.15) is 5.56 Å². The average molecular weight is 383 g/mol. The second kappa shape index (κ2) is 7.75. The predicted octanol–water partition coefficient (Wildman–Crippen LogP) is 4.13. The molecule has 5 heteroatoms. The minimum absolute atomic E-state index is 0.0888. The van der Waals surface area contributed by atoms with Crippen molar-refractivity contribution in [3.05, 3.63) is 76.8 Å². The van der Waals surface area contributed by atoms with E-state index in [0.717, 1.165) is 20.8 Å². The molecule has 4 nitrogen and oxygen atoms in total. The van der Waals surface area contributed by atoms with Gasteiger partial charge in [-0.3, -0.25) is 4.79 Å². The summed E-state index contributed by atoms with van der Waals surface area (Å²) in [5, 5.41) is 6.22. The van der Waals surface area contributed by atoms with Crippen molar-refractivity contribution in [2.24, 2.45) is 5.10 Å². The van der Waals surface area contributed by atoms with Gasteiger partial charge in [-0.1, -0.05) is 58.4 Å². The molecule has 0 atom stereocenters. The number of nitrogens with one attached hydrogen (secondary N) is 1. The maximum absolute atomic E-state index is 11.8. The van der Waals surface area contributed by atoms with Crippen LogP contribution < -0.4 is 10.2 Å². The van der Waals surface area contributed by atoms with Crippen molar-refractivity contribution in [2.75, 3.05) is 6.61 Å². The van der Waals surface area contributed by atoms with Crippen LogP contribution in [0.25, 0.3) is 10.8 Å². The highest BCUT2D eigenvalue weighted by Crippen LogP contribution is 2.17. The van der Waals surface area contributed by atoms with E-state index < -0.39 is 0 Å². The Morgan fingerprint density at radius 3 is 2.62 bits per heavy atom. The zero-order chi connectivity index (χ0) is 16.8. The third kappa shape index (κ3) is 4.20. The summed E-state index contributed by atoms with van der Waals surface area (Å²) < 4.78 is 6.35. The standard InChI is InChI=1S/C19H15BrN2O2/c20-16-8-10-17(11-9-16)24-13-19(23)22-21-12-15-6-3-5-14-4-1-2-7-18(14)15/h1-12H,13H2,(H,22,23)/b21-12+. The molecule has 0 aliphatic rings. The number of fused-ring (bicyclic) bond motifs is 1. The van der Waals surface area contributed by atoms with Gasteiger partial charge in [0.2, 0.25) is 0 Å². The molecule has 0 radical (unpaired) electrons. The van der Waals surface area contributed by atoms with Crippen molar-refractivity contribution in [1.29, 1.82) is 0 Å². The lowest BCUT2D eigenvalue weighted by Gasteiger charge is -2.05. The summed E-state index contributed by atoms with van der Waals surface area (Å²) in [6, 6.07) is 21.3. The number of hydrazone groups is 1. The number of benzene rings is 3. The number of hydrogen-bond acceptors (Lipinski definition) is 3. The Morgan fingerprint density at radius 1 is 1.04 bits per heavy atom. The van der Waals surface area contributed by atoms with Gasteiger partial charge in [0, 0.05) is 10.0 Å². The van der Waals surface area contributed by atoms with Crippen LogP contribution in [0.2, 0.25) is 0 Å². The fraction of sp³-hybridized carbons (Fsp3) is 0.0526. The van der Waals surface area contributed by atoms with Gasteiger partial charge in [-0.25, -0.2) is 5.43 Å². The number of halogens is 1. The molecule has 0 aliphatic heterocycles. The van der Waals surface area contributed by atoms with E-state index in [1.807, 2.05) is 54.6 Å². The maximum atomic E-state index is 11.8. The normalized spacial score (nSPS) is 10.9. The van der Waals surface area contributed by atoms with E-state index in [1.165, 1.54) is 0 Å².